The first kappa shape index (κ1) is 22.0. The van der Waals surface area contributed by atoms with E-state index in [4.69, 9.17) is 23.4 Å². The van der Waals surface area contributed by atoms with Crippen molar-refractivity contribution in [1.29, 1.82) is 0 Å². The van der Waals surface area contributed by atoms with Crippen molar-refractivity contribution in [3.63, 3.8) is 0 Å². The molecule has 30 heavy (non-hydrogen) atoms. The van der Waals surface area contributed by atoms with Gasteiger partial charge in [0.2, 0.25) is 11.7 Å². The van der Waals surface area contributed by atoms with Crippen molar-refractivity contribution < 1.29 is 28.2 Å². The Kier molecular flexibility index (Phi) is 7.98. The zero-order valence-electron chi connectivity index (χ0n) is 17.8. The lowest BCUT2D eigenvalue weighted by molar-refractivity contribution is -0.123. The highest BCUT2D eigenvalue weighted by molar-refractivity contribution is 5.78. The molecule has 8 heteroatoms. The van der Waals surface area contributed by atoms with Gasteiger partial charge in [-0.25, -0.2) is 0 Å². The van der Waals surface area contributed by atoms with E-state index >= 15 is 0 Å². The molecule has 1 aliphatic heterocycles. The number of hydrogen-bond donors (Lipinski definition) is 1. The Labute approximate surface area is 177 Å². The number of rotatable bonds is 11. The van der Waals surface area contributed by atoms with Crippen LogP contribution in [0, 0.1) is 0 Å². The lowest BCUT2D eigenvalue weighted by Crippen LogP contribution is -2.40. The van der Waals surface area contributed by atoms with Crippen LogP contribution >= 0.6 is 0 Å². The molecule has 1 aromatic heterocycles. The number of furan rings is 1. The molecule has 1 unspecified atom stereocenters. The predicted molar refractivity (Wildman–Crippen MR) is 111 cm³/mol. The molecule has 0 bridgehead atoms. The molecule has 1 atom stereocenters. The van der Waals surface area contributed by atoms with E-state index in [0.717, 1.165) is 30.8 Å². The maximum Gasteiger partial charge on any atom is 0.234 e. The number of benzene rings is 1. The van der Waals surface area contributed by atoms with Gasteiger partial charge >= 0.3 is 0 Å². The zero-order valence-corrected chi connectivity index (χ0v) is 17.8. The van der Waals surface area contributed by atoms with Crippen molar-refractivity contribution in [2.24, 2.45) is 0 Å². The summed E-state index contributed by atoms with van der Waals surface area (Å²) >= 11 is 0. The molecule has 3 rings (SSSR count). The summed E-state index contributed by atoms with van der Waals surface area (Å²) in [6.07, 6.45) is 3.88. The van der Waals surface area contributed by atoms with Crippen LogP contribution in [0.4, 0.5) is 0 Å². The standard InChI is InChI=1S/C22H30N2O6/c1-26-19-10-16(11-20(27-2)22(19)28-3)12-23-21(25)15-24(13-17-6-4-8-29-17)14-18-7-5-9-30-18/h4,6,8,10-11,18H,5,7,9,12-15H2,1-3H3,(H,23,25). The highest BCUT2D eigenvalue weighted by Gasteiger charge is 2.22. The normalized spacial score (nSPS) is 15.9. The van der Waals surface area contributed by atoms with E-state index in [1.165, 1.54) is 0 Å². The second-order valence-electron chi connectivity index (χ2n) is 7.19. The van der Waals surface area contributed by atoms with Crippen molar-refractivity contribution in [2.45, 2.75) is 32.0 Å². The summed E-state index contributed by atoms with van der Waals surface area (Å²) in [6.45, 7) is 2.64. The molecule has 1 fully saturated rings. The minimum atomic E-state index is -0.0756. The monoisotopic (exact) mass is 418 g/mol. The van der Waals surface area contributed by atoms with Crippen LogP contribution in [0.1, 0.15) is 24.2 Å². The number of carbonyl (C=O) groups is 1. The summed E-state index contributed by atoms with van der Waals surface area (Å²) in [5, 5.41) is 2.97. The van der Waals surface area contributed by atoms with Crippen LogP contribution in [-0.4, -0.2) is 57.9 Å². The summed E-state index contributed by atoms with van der Waals surface area (Å²) < 4.78 is 27.3. The largest absolute Gasteiger partial charge is 0.493 e. The molecule has 2 heterocycles. The molecule has 1 saturated heterocycles. The summed E-state index contributed by atoms with van der Waals surface area (Å²) in [7, 11) is 4.69. The molecule has 1 amide bonds. The third-order valence-corrected chi connectivity index (χ3v) is 5.03. The minimum Gasteiger partial charge on any atom is -0.493 e. The number of ether oxygens (including phenoxy) is 4. The van der Waals surface area contributed by atoms with E-state index in [1.54, 1.807) is 27.6 Å². The van der Waals surface area contributed by atoms with Crippen LogP contribution in [0.25, 0.3) is 0 Å². The maximum atomic E-state index is 12.6. The van der Waals surface area contributed by atoms with Crippen molar-refractivity contribution in [3.05, 3.63) is 41.9 Å². The van der Waals surface area contributed by atoms with Crippen LogP contribution < -0.4 is 19.5 Å². The van der Waals surface area contributed by atoms with Crippen LogP contribution in [0.15, 0.2) is 34.9 Å². The van der Waals surface area contributed by atoms with Crippen molar-refractivity contribution >= 4 is 5.91 Å². The average Bonchev–Trinajstić information content (AvgIpc) is 3.45. The number of nitrogens with zero attached hydrogens (tertiary/aromatic N) is 1. The fourth-order valence-corrected chi connectivity index (χ4v) is 3.58. The van der Waals surface area contributed by atoms with Crippen molar-refractivity contribution in [2.75, 3.05) is 41.0 Å². The molecule has 0 spiro atoms. The van der Waals surface area contributed by atoms with Gasteiger partial charge in [-0.3, -0.25) is 9.69 Å². The summed E-state index contributed by atoms with van der Waals surface area (Å²) in [5.41, 5.74) is 0.856. The van der Waals surface area contributed by atoms with Crippen LogP contribution in [0.3, 0.4) is 0 Å². The summed E-state index contributed by atoms with van der Waals surface area (Å²) in [6, 6.07) is 7.42. The van der Waals surface area contributed by atoms with Crippen molar-refractivity contribution in [1.82, 2.24) is 10.2 Å². The predicted octanol–water partition coefficient (Wildman–Crippen LogP) is 2.60. The number of hydrogen-bond acceptors (Lipinski definition) is 7. The first-order chi connectivity index (χ1) is 14.6. The van der Waals surface area contributed by atoms with Gasteiger partial charge in [0, 0.05) is 19.7 Å². The molecular formula is C22H30N2O6. The van der Waals surface area contributed by atoms with Gasteiger partial charge in [0.1, 0.15) is 5.76 Å². The zero-order chi connectivity index (χ0) is 21.3. The minimum absolute atomic E-state index is 0.0756. The lowest BCUT2D eigenvalue weighted by Gasteiger charge is -2.23. The first-order valence-corrected chi connectivity index (χ1v) is 10.0. The lowest BCUT2D eigenvalue weighted by atomic mass is 10.1. The number of nitrogens with one attached hydrogen (secondary N) is 1. The van der Waals surface area contributed by atoms with Gasteiger partial charge < -0.3 is 28.7 Å². The summed E-state index contributed by atoms with van der Waals surface area (Å²) in [4.78, 5) is 14.7. The van der Waals surface area contributed by atoms with Gasteiger partial charge in [-0.15, -0.1) is 0 Å². The van der Waals surface area contributed by atoms with Crippen LogP contribution in [0.2, 0.25) is 0 Å². The molecular weight excluding hydrogens is 388 g/mol. The average molecular weight is 418 g/mol. The van der Waals surface area contributed by atoms with Crippen molar-refractivity contribution in [3.8, 4) is 17.2 Å². The third kappa shape index (κ3) is 5.90. The van der Waals surface area contributed by atoms with Gasteiger partial charge in [0.15, 0.2) is 11.5 Å². The molecule has 8 nitrogen and oxygen atoms in total. The highest BCUT2D eigenvalue weighted by atomic mass is 16.5. The van der Waals surface area contributed by atoms with E-state index in [0.29, 0.717) is 36.9 Å². The SMILES string of the molecule is COc1cc(CNC(=O)CN(Cc2ccco2)CC2CCCO2)cc(OC)c1OC. The number of amides is 1. The second-order valence-corrected chi connectivity index (χ2v) is 7.19. The van der Waals surface area contributed by atoms with Gasteiger partial charge in [0.25, 0.3) is 0 Å². The maximum absolute atomic E-state index is 12.6. The molecule has 0 radical (unpaired) electrons. The van der Waals surface area contributed by atoms with Gasteiger partial charge in [0.05, 0.1) is 46.8 Å². The molecule has 1 aliphatic rings. The second kappa shape index (κ2) is 10.9. The third-order valence-electron chi connectivity index (χ3n) is 5.03. The van der Waals surface area contributed by atoms with E-state index in [9.17, 15) is 4.79 Å². The smallest absolute Gasteiger partial charge is 0.234 e. The Hall–Kier alpha value is -2.71. The topological polar surface area (TPSA) is 82.4 Å². The summed E-state index contributed by atoms with van der Waals surface area (Å²) in [5.74, 6) is 2.38. The van der Waals surface area contributed by atoms with E-state index in [-0.39, 0.29) is 18.6 Å². The van der Waals surface area contributed by atoms with E-state index < -0.39 is 0 Å². The molecule has 1 aromatic carbocycles. The first-order valence-electron chi connectivity index (χ1n) is 10.0. The quantitative estimate of drug-likeness (QED) is 0.601. The van der Waals surface area contributed by atoms with Gasteiger partial charge in [-0.2, -0.15) is 0 Å². The Bertz CT molecular complexity index is 777. The van der Waals surface area contributed by atoms with E-state index in [2.05, 4.69) is 10.2 Å². The Morgan fingerprint density at radius 1 is 1.20 bits per heavy atom. The highest BCUT2D eigenvalue weighted by Crippen LogP contribution is 2.38. The molecule has 2 aromatic rings. The fraction of sp³-hybridized carbons (Fsp3) is 0.500. The van der Waals surface area contributed by atoms with E-state index in [1.807, 2.05) is 24.3 Å². The number of methoxy groups -OCH3 is 3. The van der Waals surface area contributed by atoms with Crippen LogP contribution in [0.5, 0.6) is 17.2 Å². The number of carbonyl (C=O) groups excluding carboxylic acids is 1. The Morgan fingerprint density at radius 3 is 2.53 bits per heavy atom. The van der Waals surface area contributed by atoms with Gasteiger partial charge in [-0.1, -0.05) is 0 Å². The Morgan fingerprint density at radius 2 is 1.97 bits per heavy atom. The van der Waals surface area contributed by atoms with Crippen LogP contribution in [-0.2, 0) is 22.6 Å². The molecule has 1 N–H and O–H groups in total. The molecule has 0 saturated carbocycles. The molecule has 164 valence electrons. The molecule has 0 aliphatic carbocycles. The fourth-order valence-electron chi connectivity index (χ4n) is 3.58. The van der Waals surface area contributed by atoms with Gasteiger partial charge in [-0.05, 0) is 42.7 Å². The Balaban J connectivity index is 1.60.